The van der Waals surface area contributed by atoms with Crippen molar-refractivity contribution in [2.75, 3.05) is 0 Å². The summed E-state index contributed by atoms with van der Waals surface area (Å²) < 4.78 is 15.3. The number of hydrogen-bond acceptors (Lipinski definition) is 13. The van der Waals surface area contributed by atoms with Gasteiger partial charge in [0.05, 0.1) is 17.2 Å². The maximum Gasteiger partial charge on any atom is 0.340 e. The van der Waals surface area contributed by atoms with Gasteiger partial charge in [0, 0.05) is 0 Å². The van der Waals surface area contributed by atoms with Gasteiger partial charge in [-0.05, 0) is 31.2 Å². The number of carbonyl (C=O) groups excluding carboxylic acids is 2. The molecule has 0 radical (unpaired) electrons. The second kappa shape index (κ2) is 8.90. The maximum atomic E-state index is 12.4. The number of ether oxygens (including phenoxy) is 3. The van der Waals surface area contributed by atoms with Gasteiger partial charge in [0.15, 0.2) is 46.7 Å². The van der Waals surface area contributed by atoms with Crippen LogP contribution in [-0.4, -0.2) is 83.5 Å². The van der Waals surface area contributed by atoms with Crippen LogP contribution in [0.4, 0.5) is 0 Å². The van der Waals surface area contributed by atoms with E-state index in [0.717, 1.165) is 24.3 Å². The van der Waals surface area contributed by atoms with Crippen molar-refractivity contribution in [2.24, 2.45) is 0 Å². The van der Waals surface area contributed by atoms with E-state index >= 15 is 0 Å². The summed E-state index contributed by atoms with van der Waals surface area (Å²) in [5, 5.41) is 77.7. The predicted octanol–water partition coefficient (Wildman–Crippen LogP) is -0.231. The number of aliphatic hydroxyl groups is 2. The molecule has 1 heterocycles. The zero-order valence-corrected chi connectivity index (χ0v) is 16.8. The number of esters is 2. The molecule has 0 bridgehead atoms. The number of phenolic OH excluding ortho intramolecular Hbond substituents is 6. The summed E-state index contributed by atoms with van der Waals surface area (Å²) in [5.74, 6) is -7.43. The highest BCUT2D eigenvalue weighted by Gasteiger charge is 2.47. The molecule has 0 spiro atoms. The van der Waals surface area contributed by atoms with Gasteiger partial charge in [-0.25, -0.2) is 9.59 Å². The monoisotopic (exact) mass is 468 g/mol. The van der Waals surface area contributed by atoms with E-state index in [-0.39, 0.29) is 0 Å². The molecule has 5 atom stereocenters. The number of hydrogen-bond donors (Lipinski definition) is 8. The summed E-state index contributed by atoms with van der Waals surface area (Å²) in [6, 6.07) is 3.12. The van der Waals surface area contributed by atoms with Crippen LogP contribution in [0.3, 0.4) is 0 Å². The molecule has 5 unspecified atom stereocenters. The van der Waals surface area contributed by atoms with E-state index in [1.54, 1.807) is 0 Å². The predicted molar refractivity (Wildman–Crippen MR) is 104 cm³/mol. The highest BCUT2D eigenvalue weighted by atomic mass is 16.7. The highest BCUT2D eigenvalue weighted by molar-refractivity contribution is 5.92. The maximum absolute atomic E-state index is 12.4. The average Bonchev–Trinajstić information content (AvgIpc) is 2.75. The number of benzene rings is 2. The minimum Gasteiger partial charge on any atom is -0.504 e. The molecule has 0 amide bonds. The van der Waals surface area contributed by atoms with E-state index in [1.807, 2.05) is 0 Å². The summed E-state index contributed by atoms with van der Waals surface area (Å²) in [6.45, 7) is 1.33. The smallest absolute Gasteiger partial charge is 0.340 e. The molecule has 2 aromatic rings. The van der Waals surface area contributed by atoms with Gasteiger partial charge in [-0.15, -0.1) is 0 Å². The Kier molecular flexibility index (Phi) is 6.39. The van der Waals surface area contributed by atoms with Crippen molar-refractivity contribution < 1.29 is 64.7 Å². The Balaban J connectivity index is 1.78. The summed E-state index contributed by atoms with van der Waals surface area (Å²) in [5.41, 5.74) is -0.842. The minimum absolute atomic E-state index is 0.416. The van der Waals surface area contributed by atoms with Crippen molar-refractivity contribution in [3.63, 3.8) is 0 Å². The van der Waals surface area contributed by atoms with Crippen LogP contribution in [0.1, 0.15) is 27.6 Å². The highest BCUT2D eigenvalue weighted by Crippen LogP contribution is 2.37. The summed E-state index contributed by atoms with van der Waals surface area (Å²) in [6.07, 6.45) is -8.08. The minimum atomic E-state index is -1.91. The van der Waals surface area contributed by atoms with E-state index in [4.69, 9.17) is 14.2 Å². The molecule has 0 aliphatic carbocycles. The van der Waals surface area contributed by atoms with Crippen LogP contribution < -0.4 is 0 Å². The third kappa shape index (κ3) is 4.64. The Morgan fingerprint density at radius 2 is 1.12 bits per heavy atom. The first-order valence-corrected chi connectivity index (χ1v) is 9.34. The van der Waals surface area contributed by atoms with E-state index in [9.17, 15) is 50.4 Å². The lowest BCUT2D eigenvalue weighted by Gasteiger charge is -2.40. The molecule has 8 N–H and O–H groups in total. The fraction of sp³-hybridized carbons (Fsp3) is 0.300. The molecule has 1 aliphatic heterocycles. The first-order valence-electron chi connectivity index (χ1n) is 9.34. The second-order valence-electron chi connectivity index (χ2n) is 7.19. The van der Waals surface area contributed by atoms with Crippen LogP contribution in [0.25, 0.3) is 0 Å². The Morgan fingerprint density at radius 3 is 1.55 bits per heavy atom. The van der Waals surface area contributed by atoms with Gasteiger partial charge in [-0.3, -0.25) is 0 Å². The number of aromatic hydroxyl groups is 6. The zero-order valence-electron chi connectivity index (χ0n) is 16.8. The topological polar surface area (TPSA) is 224 Å². The zero-order chi connectivity index (χ0) is 24.6. The molecule has 3 rings (SSSR count). The average molecular weight is 468 g/mol. The molecular formula is C20H20O13. The van der Waals surface area contributed by atoms with Crippen LogP contribution in [-0.2, 0) is 14.2 Å². The molecule has 33 heavy (non-hydrogen) atoms. The quantitative estimate of drug-likeness (QED) is 0.215. The van der Waals surface area contributed by atoms with Gasteiger partial charge in [-0.2, -0.15) is 0 Å². The van der Waals surface area contributed by atoms with Crippen LogP contribution in [0.5, 0.6) is 34.5 Å². The Labute approximate surface area is 184 Å². The van der Waals surface area contributed by atoms with Crippen molar-refractivity contribution in [1.29, 1.82) is 0 Å². The molecule has 13 nitrogen and oxygen atoms in total. The third-order valence-corrected chi connectivity index (χ3v) is 4.86. The molecule has 1 saturated heterocycles. The van der Waals surface area contributed by atoms with E-state index in [0.29, 0.717) is 0 Å². The van der Waals surface area contributed by atoms with Crippen molar-refractivity contribution in [2.45, 2.75) is 37.6 Å². The molecule has 1 fully saturated rings. The number of carbonyl (C=O) groups is 2. The van der Waals surface area contributed by atoms with E-state index in [1.165, 1.54) is 6.92 Å². The standard InChI is InChI=1S/C20H20O13/c1-6-13(25)17(32-18(29)7-2-9(21)14(26)10(22)3-7)16(28)20(31-6)33-19(30)8-4-11(23)15(27)12(24)5-8/h2-6,13,16-17,20-28H,1H3. The van der Waals surface area contributed by atoms with Crippen LogP contribution in [0.2, 0.25) is 0 Å². The second-order valence-corrected chi connectivity index (χ2v) is 7.19. The molecule has 0 aromatic heterocycles. The fourth-order valence-corrected chi connectivity index (χ4v) is 3.04. The van der Waals surface area contributed by atoms with Crippen LogP contribution in [0.15, 0.2) is 24.3 Å². The van der Waals surface area contributed by atoms with Gasteiger partial charge in [0.2, 0.25) is 6.29 Å². The van der Waals surface area contributed by atoms with Gasteiger partial charge >= 0.3 is 11.9 Å². The van der Waals surface area contributed by atoms with Crippen molar-refractivity contribution in [3.05, 3.63) is 35.4 Å². The molecular weight excluding hydrogens is 448 g/mol. The first kappa shape index (κ1) is 23.7. The number of aliphatic hydroxyl groups excluding tert-OH is 2. The molecule has 2 aromatic carbocycles. The van der Waals surface area contributed by atoms with Crippen molar-refractivity contribution in [1.82, 2.24) is 0 Å². The molecule has 1 aliphatic rings. The largest absolute Gasteiger partial charge is 0.504 e. The summed E-state index contributed by atoms with van der Waals surface area (Å²) in [7, 11) is 0. The lowest BCUT2D eigenvalue weighted by molar-refractivity contribution is -0.275. The lowest BCUT2D eigenvalue weighted by Crippen LogP contribution is -2.59. The fourth-order valence-electron chi connectivity index (χ4n) is 3.04. The van der Waals surface area contributed by atoms with Gasteiger partial charge in [-0.1, -0.05) is 0 Å². The normalized spacial score (nSPS) is 24.8. The van der Waals surface area contributed by atoms with Crippen molar-refractivity contribution >= 4 is 11.9 Å². The SMILES string of the molecule is CC1OC(OC(=O)c2cc(O)c(O)c(O)c2)C(O)C(OC(=O)c2cc(O)c(O)c(O)c2)C1O. The molecule has 13 heteroatoms. The van der Waals surface area contributed by atoms with Crippen LogP contribution >= 0.6 is 0 Å². The van der Waals surface area contributed by atoms with E-state index in [2.05, 4.69) is 0 Å². The Morgan fingerprint density at radius 1 is 0.727 bits per heavy atom. The molecule has 178 valence electrons. The summed E-state index contributed by atoms with van der Waals surface area (Å²) in [4.78, 5) is 24.8. The Hall–Kier alpha value is -3.94. The van der Waals surface area contributed by atoms with Gasteiger partial charge in [0.1, 0.15) is 6.10 Å². The van der Waals surface area contributed by atoms with Crippen LogP contribution in [0, 0.1) is 0 Å². The number of phenols is 6. The third-order valence-electron chi connectivity index (χ3n) is 4.86. The molecule has 0 saturated carbocycles. The Bertz CT molecular complexity index is 1040. The lowest BCUT2D eigenvalue weighted by atomic mass is 9.99. The van der Waals surface area contributed by atoms with Crippen molar-refractivity contribution in [3.8, 4) is 34.5 Å². The van der Waals surface area contributed by atoms with E-state index < -0.39 is 88.3 Å². The van der Waals surface area contributed by atoms with Gasteiger partial charge in [0.25, 0.3) is 0 Å². The first-order chi connectivity index (χ1) is 15.4. The number of rotatable bonds is 4. The summed E-state index contributed by atoms with van der Waals surface area (Å²) >= 11 is 0. The van der Waals surface area contributed by atoms with Gasteiger partial charge < -0.3 is 55.1 Å².